The molecule has 3 aliphatic rings. The molecule has 3 heterocycles. The second-order valence-corrected chi connectivity index (χ2v) is 7.14. The molecule has 3 saturated heterocycles. The summed E-state index contributed by atoms with van der Waals surface area (Å²) in [5.74, 6) is -0.306. The third-order valence-corrected chi connectivity index (χ3v) is 5.28. The van der Waals surface area contributed by atoms with Crippen LogP contribution in [0, 0.1) is 5.82 Å². The molecule has 1 aromatic rings. The number of halogens is 1. The van der Waals surface area contributed by atoms with Gasteiger partial charge in [-0.2, -0.15) is 0 Å². The third kappa shape index (κ3) is 2.76. The van der Waals surface area contributed by atoms with Gasteiger partial charge in [-0.3, -0.25) is 4.90 Å². The van der Waals surface area contributed by atoms with Crippen LogP contribution in [0.2, 0.25) is 0 Å². The SMILES string of the molecule is CN1CC2COCCN2C2(C1)CN(C(=O)Nc1ccc(F)cc1)C2. The summed E-state index contributed by atoms with van der Waals surface area (Å²) in [5.41, 5.74) is 0.661. The van der Waals surface area contributed by atoms with E-state index in [9.17, 15) is 9.18 Å². The maximum absolute atomic E-state index is 12.9. The minimum atomic E-state index is -0.306. The molecule has 1 spiro atoms. The van der Waals surface area contributed by atoms with Crippen LogP contribution < -0.4 is 5.32 Å². The van der Waals surface area contributed by atoms with Crippen LogP contribution in [0.5, 0.6) is 0 Å². The molecule has 24 heavy (non-hydrogen) atoms. The van der Waals surface area contributed by atoms with Crippen molar-refractivity contribution in [2.75, 3.05) is 58.3 Å². The molecule has 3 aliphatic heterocycles. The van der Waals surface area contributed by atoms with Gasteiger partial charge in [0.1, 0.15) is 5.82 Å². The minimum absolute atomic E-state index is 0.0432. The van der Waals surface area contributed by atoms with Gasteiger partial charge >= 0.3 is 6.03 Å². The Morgan fingerprint density at radius 2 is 2.04 bits per heavy atom. The highest BCUT2D eigenvalue weighted by molar-refractivity contribution is 5.90. The Kier molecular flexibility index (Phi) is 3.94. The van der Waals surface area contributed by atoms with E-state index >= 15 is 0 Å². The fourth-order valence-corrected chi connectivity index (χ4v) is 4.27. The first kappa shape index (κ1) is 15.8. The molecule has 1 aromatic carbocycles. The topological polar surface area (TPSA) is 48.1 Å². The van der Waals surface area contributed by atoms with E-state index in [-0.39, 0.29) is 17.4 Å². The molecular formula is C17H23FN4O2. The second kappa shape index (κ2) is 5.98. The zero-order chi connectivity index (χ0) is 16.7. The zero-order valence-corrected chi connectivity index (χ0v) is 13.9. The summed E-state index contributed by atoms with van der Waals surface area (Å²) in [6, 6.07) is 6.15. The first-order valence-electron chi connectivity index (χ1n) is 8.40. The second-order valence-electron chi connectivity index (χ2n) is 7.14. The largest absolute Gasteiger partial charge is 0.378 e. The standard InChI is InChI=1S/C17H23FN4O2/c1-20-8-15-9-24-7-6-22(15)17(10-20)11-21(12-17)16(23)19-14-4-2-13(18)3-5-14/h2-5,15H,6-12H2,1H3,(H,19,23). The Labute approximate surface area is 141 Å². The molecule has 3 fully saturated rings. The van der Waals surface area contributed by atoms with Gasteiger partial charge in [0.25, 0.3) is 0 Å². The van der Waals surface area contributed by atoms with Crippen LogP contribution in [0.3, 0.4) is 0 Å². The van der Waals surface area contributed by atoms with Crippen LogP contribution in [0.15, 0.2) is 24.3 Å². The summed E-state index contributed by atoms with van der Waals surface area (Å²) in [5, 5.41) is 2.84. The average molecular weight is 334 g/mol. The number of nitrogens with zero attached hydrogens (tertiary/aromatic N) is 3. The highest BCUT2D eigenvalue weighted by atomic mass is 19.1. The number of morpholine rings is 1. The van der Waals surface area contributed by atoms with Crippen LogP contribution in [0.1, 0.15) is 0 Å². The number of anilines is 1. The molecule has 0 bridgehead atoms. The average Bonchev–Trinajstić information content (AvgIpc) is 2.53. The highest BCUT2D eigenvalue weighted by Crippen LogP contribution is 2.35. The molecule has 1 atom stereocenters. The molecule has 0 aliphatic carbocycles. The highest BCUT2D eigenvalue weighted by Gasteiger charge is 2.54. The van der Waals surface area contributed by atoms with Crippen molar-refractivity contribution in [2.24, 2.45) is 0 Å². The van der Waals surface area contributed by atoms with Gasteiger partial charge in [-0.15, -0.1) is 0 Å². The number of likely N-dealkylation sites (tertiary alicyclic amines) is 1. The van der Waals surface area contributed by atoms with Crippen LogP contribution in [-0.4, -0.2) is 85.3 Å². The van der Waals surface area contributed by atoms with Crippen molar-refractivity contribution in [1.82, 2.24) is 14.7 Å². The van der Waals surface area contributed by atoms with E-state index in [1.165, 1.54) is 12.1 Å². The number of nitrogens with one attached hydrogen (secondary N) is 1. The lowest BCUT2D eigenvalue weighted by atomic mass is 9.83. The van der Waals surface area contributed by atoms with Crippen LogP contribution in [0.25, 0.3) is 0 Å². The lowest BCUT2D eigenvalue weighted by Crippen LogP contribution is -2.81. The van der Waals surface area contributed by atoms with Crippen LogP contribution in [0.4, 0.5) is 14.9 Å². The molecular weight excluding hydrogens is 311 g/mol. The number of piperazine rings is 1. The van der Waals surface area contributed by atoms with Gasteiger partial charge in [-0.25, -0.2) is 9.18 Å². The molecule has 130 valence electrons. The van der Waals surface area contributed by atoms with Gasteiger partial charge in [-0.1, -0.05) is 0 Å². The Morgan fingerprint density at radius 1 is 1.29 bits per heavy atom. The number of hydrogen-bond acceptors (Lipinski definition) is 4. The van der Waals surface area contributed by atoms with Gasteiger partial charge in [-0.05, 0) is 31.3 Å². The van der Waals surface area contributed by atoms with Gasteiger partial charge in [0.2, 0.25) is 0 Å². The van der Waals surface area contributed by atoms with E-state index in [0.29, 0.717) is 11.7 Å². The number of likely N-dealkylation sites (N-methyl/N-ethyl adjacent to an activating group) is 1. The van der Waals surface area contributed by atoms with Crippen LogP contribution in [-0.2, 0) is 4.74 Å². The molecule has 1 N–H and O–H groups in total. The number of carbonyl (C=O) groups excluding carboxylic acids is 1. The predicted octanol–water partition coefficient (Wildman–Crippen LogP) is 1.06. The molecule has 0 radical (unpaired) electrons. The van der Waals surface area contributed by atoms with E-state index in [0.717, 1.165) is 45.9 Å². The monoisotopic (exact) mass is 334 g/mol. The number of rotatable bonds is 1. The first-order valence-corrected chi connectivity index (χ1v) is 8.40. The number of hydrogen-bond donors (Lipinski definition) is 1. The fourth-order valence-electron chi connectivity index (χ4n) is 4.27. The van der Waals surface area contributed by atoms with Crippen molar-refractivity contribution in [3.8, 4) is 0 Å². The van der Waals surface area contributed by atoms with Gasteiger partial charge in [0, 0.05) is 44.5 Å². The predicted molar refractivity (Wildman–Crippen MR) is 88.5 cm³/mol. The number of ether oxygens (including phenoxy) is 1. The molecule has 0 saturated carbocycles. The van der Waals surface area contributed by atoms with E-state index < -0.39 is 0 Å². The molecule has 6 nitrogen and oxygen atoms in total. The van der Waals surface area contributed by atoms with Crippen molar-refractivity contribution < 1.29 is 13.9 Å². The van der Waals surface area contributed by atoms with E-state index in [1.54, 1.807) is 12.1 Å². The smallest absolute Gasteiger partial charge is 0.321 e. The number of carbonyl (C=O) groups is 1. The lowest BCUT2D eigenvalue weighted by molar-refractivity contribution is -0.150. The first-order chi connectivity index (χ1) is 11.6. The normalized spacial score (nSPS) is 26.8. The van der Waals surface area contributed by atoms with Crippen LogP contribution >= 0.6 is 0 Å². The molecule has 2 amide bonds. The summed E-state index contributed by atoms with van der Waals surface area (Å²) in [7, 11) is 2.13. The lowest BCUT2D eigenvalue weighted by Gasteiger charge is -2.62. The number of benzene rings is 1. The van der Waals surface area contributed by atoms with E-state index in [1.807, 2.05) is 4.90 Å². The van der Waals surface area contributed by atoms with E-state index in [2.05, 4.69) is 22.2 Å². The Bertz CT molecular complexity index is 618. The van der Waals surface area contributed by atoms with Crippen molar-refractivity contribution >= 4 is 11.7 Å². The molecule has 7 heteroatoms. The Balaban J connectivity index is 1.40. The quantitative estimate of drug-likeness (QED) is 0.834. The maximum atomic E-state index is 12.9. The van der Waals surface area contributed by atoms with Crippen molar-refractivity contribution in [3.05, 3.63) is 30.1 Å². The minimum Gasteiger partial charge on any atom is -0.378 e. The number of amides is 2. The third-order valence-electron chi connectivity index (χ3n) is 5.28. The maximum Gasteiger partial charge on any atom is 0.321 e. The number of urea groups is 1. The summed E-state index contributed by atoms with van der Waals surface area (Å²) in [6.07, 6.45) is 0. The van der Waals surface area contributed by atoms with Crippen molar-refractivity contribution in [2.45, 2.75) is 11.6 Å². The van der Waals surface area contributed by atoms with Gasteiger partial charge in [0.05, 0.1) is 18.8 Å². The van der Waals surface area contributed by atoms with E-state index in [4.69, 9.17) is 4.74 Å². The van der Waals surface area contributed by atoms with Crippen molar-refractivity contribution in [1.29, 1.82) is 0 Å². The van der Waals surface area contributed by atoms with Crippen molar-refractivity contribution in [3.63, 3.8) is 0 Å². The number of fused-ring (bicyclic) bond motifs is 2. The summed E-state index contributed by atoms with van der Waals surface area (Å²) >= 11 is 0. The van der Waals surface area contributed by atoms with Gasteiger partial charge < -0.3 is 19.9 Å². The zero-order valence-electron chi connectivity index (χ0n) is 13.9. The van der Waals surface area contributed by atoms with Gasteiger partial charge in [0.15, 0.2) is 0 Å². The molecule has 4 rings (SSSR count). The Morgan fingerprint density at radius 3 is 2.79 bits per heavy atom. The fraction of sp³-hybridized carbons (Fsp3) is 0.588. The molecule has 0 aromatic heterocycles. The summed E-state index contributed by atoms with van der Waals surface area (Å²) < 4.78 is 18.6. The Hall–Kier alpha value is -1.70. The summed E-state index contributed by atoms with van der Waals surface area (Å²) in [6.45, 7) is 5.92. The molecule has 1 unspecified atom stereocenters. The summed E-state index contributed by atoms with van der Waals surface area (Å²) in [4.78, 5) is 19.1.